The highest BCUT2D eigenvalue weighted by Gasteiger charge is 2.24. The minimum absolute atomic E-state index is 0.0407. The fourth-order valence-corrected chi connectivity index (χ4v) is 2.77. The standard InChI is InChI=1S/C20H23NO7/c1-25-14-8-13(9-15(10-14)26-2)11-21(12-18(22)23)20(24)16-6-5-7-17(27-3)19(16)28-4/h5-10H,11-12H2,1-4H3,(H,22,23). The Hall–Kier alpha value is -3.42. The van der Waals surface area contributed by atoms with Crippen LogP contribution in [-0.4, -0.2) is 56.9 Å². The number of carbonyl (C=O) groups is 2. The summed E-state index contributed by atoms with van der Waals surface area (Å²) in [5.41, 5.74) is 0.866. The maximum atomic E-state index is 13.1. The smallest absolute Gasteiger partial charge is 0.323 e. The third-order valence-electron chi connectivity index (χ3n) is 4.03. The van der Waals surface area contributed by atoms with E-state index >= 15 is 0 Å². The lowest BCUT2D eigenvalue weighted by Crippen LogP contribution is -2.35. The average Bonchev–Trinajstić information content (AvgIpc) is 2.71. The van der Waals surface area contributed by atoms with Crippen LogP contribution in [0.1, 0.15) is 15.9 Å². The molecule has 0 unspecified atom stereocenters. The number of rotatable bonds is 9. The summed E-state index contributed by atoms with van der Waals surface area (Å²) in [7, 11) is 5.91. The minimum atomic E-state index is -1.13. The van der Waals surface area contributed by atoms with E-state index in [0.29, 0.717) is 22.8 Å². The highest BCUT2D eigenvalue weighted by atomic mass is 16.5. The van der Waals surface area contributed by atoms with E-state index in [1.54, 1.807) is 36.4 Å². The molecule has 0 aromatic heterocycles. The van der Waals surface area contributed by atoms with Crippen molar-refractivity contribution in [3.63, 3.8) is 0 Å². The van der Waals surface area contributed by atoms with Crippen LogP contribution in [0, 0.1) is 0 Å². The van der Waals surface area contributed by atoms with Gasteiger partial charge in [0.05, 0.1) is 34.0 Å². The van der Waals surface area contributed by atoms with Crippen LogP contribution in [0.5, 0.6) is 23.0 Å². The molecular formula is C20H23NO7. The Morgan fingerprint density at radius 1 is 0.929 bits per heavy atom. The second-order valence-electron chi connectivity index (χ2n) is 5.82. The van der Waals surface area contributed by atoms with Gasteiger partial charge in [0.15, 0.2) is 11.5 Å². The SMILES string of the molecule is COc1cc(CN(CC(=O)O)C(=O)c2cccc(OC)c2OC)cc(OC)c1. The Kier molecular flexibility index (Phi) is 7.08. The number of ether oxygens (including phenoxy) is 4. The van der Waals surface area contributed by atoms with Gasteiger partial charge in [0.25, 0.3) is 5.91 Å². The van der Waals surface area contributed by atoms with Gasteiger partial charge in [-0.15, -0.1) is 0 Å². The lowest BCUT2D eigenvalue weighted by molar-refractivity contribution is -0.137. The first-order valence-corrected chi connectivity index (χ1v) is 8.37. The highest BCUT2D eigenvalue weighted by Crippen LogP contribution is 2.32. The molecule has 0 aliphatic carbocycles. The molecule has 0 atom stereocenters. The third kappa shape index (κ3) is 4.85. The molecule has 150 valence electrons. The molecule has 0 saturated heterocycles. The Morgan fingerprint density at radius 2 is 1.57 bits per heavy atom. The molecule has 0 saturated carbocycles. The molecule has 2 aromatic rings. The zero-order valence-corrected chi connectivity index (χ0v) is 16.2. The van der Waals surface area contributed by atoms with Crippen LogP contribution >= 0.6 is 0 Å². The number of benzene rings is 2. The molecular weight excluding hydrogens is 366 g/mol. The van der Waals surface area contributed by atoms with Crippen LogP contribution < -0.4 is 18.9 Å². The number of carbonyl (C=O) groups excluding carboxylic acids is 1. The maximum absolute atomic E-state index is 13.1. The van der Waals surface area contributed by atoms with Gasteiger partial charge in [-0.2, -0.15) is 0 Å². The van der Waals surface area contributed by atoms with E-state index < -0.39 is 18.4 Å². The van der Waals surface area contributed by atoms with Crippen molar-refractivity contribution in [2.45, 2.75) is 6.54 Å². The van der Waals surface area contributed by atoms with Crippen molar-refractivity contribution in [3.05, 3.63) is 47.5 Å². The van der Waals surface area contributed by atoms with Crippen LogP contribution in [0.2, 0.25) is 0 Å². The second-order valence-corrected chi connectivity index (χ2v) is 5.82. The summed E-state index contributed by atoms with van der Waals surface area (Å²) in [6, 6.07) is 9.98. The van der Waals surface area contributed by atoms with Crippen LogP contribution in [0.15, 0.2) is 36.4 Å². The van der Waals surface area contributed by atoms with Crippen LogP contribution in [0.4, 0.5) is 0 Å². The number of carboxylic acid groups (broad SMARTS) is 1. The van der Waals surface area contributed by atoms with Crippen molar-refractivity contribution < 1.29 is 33.6 Å². The van der Waals surface area contributed by atoms with E-state index in [0.717, 1.165) is 0 Å². The van der Waals surface area contributed by atoms with Crippen molar-refractivity contribution in [1.29, 1.82) is 0 Å². The largest absolute Gasteiger partial charge is 0.497 e. The molecule has 0 aliphatic rings. The summed E-state index contributed by atoms with van der Waals surface area (Å²) in [5, 5.41) is 9.29. The summed E-state index contributed by atoms with van der Waals surface area (Å²) >= 11 is 0. The number of hydrogen-bond acceptors (Lipinski definition) is 6. The Balaban J connectivity index is 2.42. The fourth-order valence-electron chi connectivity index (χ4n) is 2.77. The van der Waals surface area contributed by atoms with Crippen molar-refractivity contribution in [2.75, 3.05) is 35.0 Å². The number of methoxy groups -OCH3 is 4. The summed E-state index contributed by atoms with van der Waals surface area (Å²) in [6.45, 7) is -0.447. The molecule has 0 bridgehead atoms. The quantitative estimate of drug-likeness (QED) is 0.704. The zero-order valence-electron chi connectivity index (χ0n) is 16.2. The van der Waals surface area contributed by atoms with Gasteiger partial charge >= 0.3 is 5.97 Å². The maximum Gasteiger partial charge on any atom is 0.323 e. The van der Waals surface area contributed by atoms with Gasteiger partial charge in [-0.3, -0.25) is 9.59 Å². The third-order valence-corrected chi connectivity index (χ3v) is 4.03. The second kappa shape index (κ2) is 9.50. The van der Waals surface area contributed by atoms with Crippen LogP contribution in [-0.2, 0) is 11.3 Å². The molecule has 0 aliphatic heterocycles. The first-order valence-electron chi connectivity index (χ1n) is 8.37. The predicted octanol–water partition coefficient (Wildman–Crippen LogP) is 2.45. The van der Waals surface area contributed by atoms with Gasteiger partial charge in [-0.25, -0.2) is 0 Å². The van der Waals surface area contributed by atoms with E-state index in [-0.39, 0.29) is 17.9 Å². The van der Waals surface area contributed by atoms with Crippen molar-refractivity contribution in [3.8, 4) is 23.0 Å². The average molecular weight is 389 g/mol. The van der Waals surface area contributed by atoms with Gasteiger partial charge in [0.1, 0.15) is 18.0 Å². The first kappa shape index (κ1) is 20.9. The molecule has 1 amide bonds. The summed E-state index contributed by atoms with van der Waals surface area (Å²) in [4.78, 5) is 25.7. The number of carboxylic acids is 1. The highest BCUT2D eigenvalue weighted by molar-refractivity contribution is 5.99. The fraction of sp³-hybridized carbons (Fsp3) is 0.300. The number of para-hydroxylation sites is 1. The Bertz CT molecular complexity index is 828. The van der Waals surface area contributed by atoms with Gasteiger partial charge in [-0.1, -0.05) is 6.07 Å². The van der Waals surface area contributed by atoms with Crippen LogP contribution in [0.3, 0.4) is 0 Å². The molecule has 28 heavy (non-hydrogen) atoms. The van der Waals surface area contributed by atoms with E-state index in [9.17, 15) is 14.7 Å². The van der Waals surface area contributed by atoms with Crippen molar-refractivity contribution in [2.24, 2.45) is 0 Å². The van der Waals surface area contributed by atoms with E-state index in [4.69, 9.17) is 18.9 Å². The number of hydrogen-bond donors (Lipinski definition) is 1. The van der Waals surface area contributed by atoms with Crippen LogP contribution in [0.25, 0.3) is 0 Å². The molecule has 2 rings (SSSR count). The van der Waals surface area contributed by atoms with Crippen molar-refractivity contribution >= 4 is 11.9 Å². The zero-order chi connectivity index (χ0) is 20.7. The topological polar surface area (TPSA) is 94.5 Å². The summed E-state index contributed by atoms with van der Waals surface area (Å²) in [5.74, 6) is 0.0670. The normalized spacial score (nSPS) is 10.1. The molecule has 1 N–H and O–H groups in total. The van der Waals surface area contributed by atoms with Gasteiger partial charge in [-0.05, 0) is 29.8 Å². The number of amides is 1. The molecule has 0 heterocycles. The van der Waals surface area contributed by atoms with E-state index in [1.165, 1.54) is 33.3 Å². The summed E-state index contributed by atoms with van der Waals surface area (Å²) < 4.78 is 21.0. The first-order chi connectivity index (χ1) is 13.4. The minimum Gasteiger partial charge on any atom is -0.497 e. The molecule has 8 nitrogen and oxygen atoms in total. The molecule has 0 spiro atoms. The van der Waals surface area contributed by atoms with Gasteiger partial charge in [0, 0.05) is 12.6 Å². The summed E-state index contributed by atoms with van der Waals surface area (Å²) in [6.07, 6.45) is 0. The lowest BCUT2D eigenvalue weighted by Gasteiger charge is -2.23. The van der Waals surface area contributed by atoms with Gasteiger partial charge < -0.3 is 29.0 Å². The lowest BCUT2D eigenvalue weighted by atomic mass is 10.1. The number of nitrogens with zero attached hydrogens (tertiary/aromatic N) is 1. The molecule has 0 fully saturated rings. The predicted molar refractivity (Wildman–Crippen MR) is 101 cm³/mol. The number of aliphatic carboxylic acids is 1. The molecule has 2 aromatic carbocycles. The Morgan fingerprint density at radius 3 is 2.07 bits per heavy atom. The monoisotopic (exact) mass is 389 g/mol. The molecule has 0 radical (unpaired) electrons. The van der Waals surface area contributed by atoms with E-state index in [1.807, 2.05) is 0 Å². The molecule has 8 heteroatoms. The van der Waals surface area contributed by atoms with Gasteiger partial charge in [0.2, 0.25) is 0 Å². The van der Waals surface area contributed by atoms with Crippen molar-refractivity contribution in [1.82, 2.24) is 4.90 Å². The Labute approximate surface area is 163 Å². The van der Waals surface area contributed by atoms with E-state index in [2.05, 4.69) is 0 Å².